The molecule has 1 atom stereocenters. The molecule has 0 aromatic heterocycles. The number of ketones is 1. The Balaban J connectivity index is 1.80. The summed E-state index contributed by atoms with van der Waals surface area (Å²) in [4.78, 5) is 28.1. The molecule has 0 spiro atoms. The molecule has 198 valence electrons. The van der Waals surface area contributed by atoms with E-state index in [1.165, 1.54) is 12.0 Å². The van der Waals surface area contributed by atoms with E-state index in [-0.39, 0.29) is 11.3 Å². The number of aliphatic hydroxyl groups excluding tert-OH is 1. The van der Waals surface area contributed by atoms with Crippen molar-refractivity contribution >= 4 is 17.4 Å². The highest BCUT2D eigenvalue weighted by atomic mass is 16.5. The Morgan fingerprint density at radius 2 is 1.74 bits per heavy atom. The second-order valence-electron chi connectivity index (χ2n) is 9.35. The van der Waals surface area contributed by atoms with Gasteiger partial charge in [0.15, 0.2) is 0 Å². The SMILES string of the molecule is COCCCN1C(=O)C(=O)/C(=C(/O)c2cc(C)cc(C)c2OC)C1c1cccc(OCc2ccccc2)c1. The van der Waals surface area contributed by atoms with Crippen molar-refractivity contribution in [2.45, 2.75) is 32.9 Å². The number of rotatable bonds is 10. The maximum atomic E-state index is 13.4. The van der Waals surface area contributed by atoms with Crippen LogP contribution in [0.4, 0.5) is 0 Å². The average molecular weight is 516 g/mol. The van der Waals surface area contributed by atoms with Gasteiger partial charge >= 0.3 is 0 Å². The number of likely N-dealkylation sites (tertiary alicyclic amines) is 1. The van der Waals surface area contributed by atoms with Crippen molar-refractivity contribution < 1.29 is 28.9 Å². The standard InChI is InChI=1S/C31H33NO6/c1-20-16-21(2)30(37-4)25(17-20)28(33)26-27(32(14-9-15-36-3)31(35)29(26)34)23-12-8-13-24(18-23)38-19-22-10-6-5-7-11-22/h5-8,10-13,16-18,27,33H,9,14-15,19H2,1-4H3/b28-26+. The number of hydrogen-bond acceptors (Lipinski definition) is 6. The van der Waals surface area contributed by atoms with E-state index in [2.05, 4.69) is 0 Å². The number of aryl methyl sites for hydroxylation is 2. The monoisotopic (exact) mass is 515 g/mol. The Labute approximate surface area is 223 Å². The Bertz CT molecular complexity index is 1350. The summed E-state index contributed by atoms with van der Waals surface area (Å²) in [5.41, 5.74) is 3.79. The number of amides is 1. The maximum Gasteiger partial charge on any atom is 0.295 e. The summed E-state index contributed by atoms with van der Waals surface area (Å²) >= 11 is 0. The quantitative estimate of drug-likeness (QED) is 0.170. The Kier molecular flexibility index (Phi) is 8.48. The molecule has 4 rings (SSSR count). The van der Waals surface area contributed by atoms with Gasteiger partial charge in [-0.25, -0.2) is 0 Å². The van der Waals surface area contributed by atoms with E-state index < -0.39 is 17.7 Å². The van der Waals surface area contributed by atoms with Crippen LogP contribution >= 0.6 is 0 Å². The number of hydrogen-bond donors (Lipinski definition) is 1. The van der Waals surface area contributed by atoms with Gasteiger partial charge in [0.1, 0.15) is 23.9 Å². The molecule has 3 aromatic rings. The van der Waals surface area contributed by atoms with Crippen LogP contribution in [0.5, 0.6) is 11.5 Å². The van der Waals surface area contributed by atoms with Crippen LogP contribution in [0.1, 0.15) is 40.3 Å². The van der Waals surface area contributed by atoms with Crippen LogP contribution < -0.4 is 9.47 Å². The topological polar surface area (TPSA) is 85.3 Å². The lowest BCUT2D eigenvalue weighted by atomic mass is 9.93. The van der Waals surface area contributed by atoms with Crippen LogP contribution in [0.2, 0.25) is 0 Å². The van der Waals surface area contributed by atoms with Gasteiger partial charge in [-0.05, 0) is 60.7 Å². The Hall–Kier alpha value is -4.10. The highest BCUT2D eigenvalue weighted by Gasteiger charge is 2.46. The first kappa shape index (κ1) is 26.9. The van der Waals surface area contributed by atoms with E-state index in [1.54, 1.807) is 13.2 Å². The van der Waals surface area contributed by atoms with Gasteiger partial charge in [0.25, 0.3) is 11.7 Å². The van der Waals surface area contributed by atoms with Gasteiger partial charge in [0.05, 0.1) is 24.3 Å². The van der Waals surface area contributed by atoms with E-state index in [4.69, 9.17) is 14.2 Å². The van der Waals surface area contributed by atoms with E-state index in [0.717, 1.165) is 16.7 Å². The molecular formula is C31H33NO6. The molecule has 1 N–H and O–H groups in total. The molecule has 7 heteroatoms. The third kappa shape index (κ3) is 5.58. The molecule has 1 saturated heterocycles. The third-order valence-electron chi connectivity index (χ3n) is 6.59. The van der Waals surface area contributed by atoms with Gasteiger partial charge < -0.3 is 24.2 Å². The first-order valence-corrected chi connectivity index (χ1v) is 12.5. The number of carbonyl (C=O) groups excluding carboxylic acids is 2. The predicted molar refractivity (Wildman–Crippen MR) is 145 cm³/mol. The van der Waals surface area contributed by atoms with E-state index in [0.29, 0.717) is 48.8 Å². The molecule has 7 nitrogen and oxygen atoms in total. The summed E-state index contributed by atoms with van der Waals surface area (Å²) in [6, 6.07) is 20.0. The molecule has 0 radical (unpaired) electrons. The second kappa shape index (κ2) is 12.0. The third-order valence-corrected chi connectivity index (χ3v) is 6.59. The molecule has 3 aromatic carbocycles. The normalized spacial score (nSPS) is 16.6. The largest absolute Gasteiger partial charge is 0.507 e. The lowest BCUT2D eigenvalue weighted by molar-refractivity contribution is -0.140. The highest BCUT2D eigenvalue weighted by molar-refractivity contribution is 6.46. The maximum absolute atomic E-state index is 13.4. The van der Waals surface area contributed by atoms with Crippen molar-refractivity contribution in [1.29, 1.82) is 0 Å². The summed E-state index contributed by atoms with van der Waals surface area (Å²) in [5, 5.41) is 11.6. The van der Waals surface area contributed by atoms with Crippen LogP contribution in [0, 0.1) is 13.8 Å². The lowest BCUT2D eigenvalue weighted by Crippen LogP contribution is -2.31. The molecule has 1 aliphatic rings. The van der Waals surface area contributed by atoms with Crippen molar-refractivity contribution in [1.82, 2.24) is 4.90 Å². The summed E-state index contributed by atoms with van der Waals surface area (Å²) in [7, 11) is 3.11. The second-order valence-corrected chi connectivity index (χ2v) is 9.35. The molecule has 1 heterocycles. The molecule has 1 aliphatic heterocycles. The van der Waals surface area contributed by atoms with Crippen molar-refractivity contribution in [3.8, 4) is 11.5 Å². The molecule has 0 saturated carbocycles. The van der Waals surface area contributed by atoms with Gasteiger partial charge in [0, 0.05) is 20.3 Å². The van der Waals surface area contributed by atoms with E-state index in [1.807, 2.05) is 74.5 Å². The molecule has 1 amide bonds. The number of Topliss-reactive ketones (excluding diaryl/α,β-unsaturated/α-hetero) is 1. The first-order chi connectivity index (χ1) is 18.3. The minimum atomic E-state index is -0.794. The van der Waals surface area contributed by atoms with Gasteiger partial charge in [0.2, 0.25) is 0 Å². The number of methoxy groups -OCH3 is 2. The molecule has 38 heavy (non-hydrogen) atoms. The van der Waals surface area contributed by atoms with E-state index in [9.17, 15) is 14.7 Å². The zero-order chi connectivity index (χ0) is 27.2. The van der Waals surface area contributed by atoms with Crippen LogP contribution in [-0.4, -0.2) is 49.1 Å². The number of aliphatic hydroxyl groups is 1. The fourth-order valence-electron chi connectivity index (χ4n) is 4.90. The summed E-state index contributed by atoms with van der Waals surface area (Å²) < 4.78 is 16.8. The predicted octanol–water partition coefficient (Wildman–Crippen LogP) is 5.35. The first-order valence-electron chi connectivity index (χ1n) is 12.5. The van der Waals surface area contributed by atoms with Gasteiger partial charge in [-0.2, -0.15) is 0 Å². The smallest absolute Gasteiger partial charge is 0.295 e. The fourth-order valence-corrected chi connectivity index (χ4v) is 4.90. The number of ether oxygens (including phenoxy) is 3. The molecule has 1 unspecified atom stereocenters. The Morgan fingerprint density at radius 1 is 0.974 bits per heavy atom. The van der Waals surface area contributed by atoms with Gasteiger partial charge in [-0.15, -0.1) is 0 Å². The molecule has 0 aliphatic carbocycles. The van der Waals surface area contributed by atoms with Crippen LogP contribution in [0.15, 0.2) is 72.3 Å². The summed E-state index contributed by atoms with van der Waals surface area (Å²) in [6.45, 7) is 4.87. The Morgan fingerprint density at radius 3 is 2.45 bits per heavy atom. The molecular weight excluding hydrogens is 482 g/mol. The van der Waals surface area contributed by atoms with Crippen LogP contribution in [-0.2, 0) is 20.9 Å². The number of benzene rings is 3. The van der Waals surface area contributed by atoms with E-state index >= 15 is 0 Å². The number of carbonyl (C=O) groups is 2. The highest BCUT2D eigenvalue weighted by Crippen LogP contribution is 2.42. The summed E-state index contributed by atoms with van der Waals surface area (Å²) in [6.07, 6.45) is 0.539. The van der Waals surface area contributed by atoms with Crippen molar-refractivity contribution in [3.05, 3.63) is 100 Å². The van der Waals surface area contributed by atoms with Crippen molar-refractivity contribution in [2.24, 2.45) is 0 Å². The van der Waals surface area contributed by atoms with Crippen LogP contribution in [0.25, 0.3) is 5.76 Å². The minimum Gasteiger partial charge on any atom is -0.507 e. The molecule has 1 fully saturated rings. The summed E-state index contributed by atoms with van der Waals surface area (Å²) in [5.74, 6) is -0.606. The van der Waals surface area contributed by atoms with Gasteiger partial charge in [-0.1, -0.05) is 48.5 Å². The van der Waals surface area contributed by atoms with Crippen molar-refractivity contribution in [2.75, 3.05) is 27.4 Å². The lowest BCUT2D eigenvalue weighted by Gasteiger charge is -2.26. The zero-order valence-corrected chi connectivity index (χ0v) is 22.2. The zero-order valence-electron chi connectivity index (χ0n) is 22.2. The minimum absolute atomic E-state index is 0.0240. The van der Waals surface area contributed by atoms with Crippen LogP contribution in [0.3, 0.4) is 0 Å². The molecule has 0 bridgehead atoms. The van der Waals surface area contributed by atoms with Crippen molar-refractivity contribution in [3.63, 3.8) is 0 Å². The fraction of sp³-hybridized carbons (Fsp3) is 0.290. The van der Waals surface area contributed by atoms with Gasteiger partial charge in [-0.3, -0.25) is 9.59 Å². The average Bonchev–Trinajstić information content (AvgIpc) is 3.17. The number of nitrogens with zero attached hydrogens (tertiary/aromatic N) is 1.